The van der Waals surface area contributed by atoms with Crippen molar-refractivity contribution in [2.45, 2.75) is 46.1 Å². The van der Waals surface area contributed by atoms with Crippen molar-refractivity contribution < 1.29 is 9.59 Å². The second kappa shape index (κ2) is 7.73. The van der Waals surface area contributed by atoms with Gasteiger partial charge in [-0.3, -0.25) is 9.59 Å². The summed E-state index contributed by atoms with van der Waals surface area (Å²) in [5.41, 5.74) is 1.73. The minimum absolute atomic E-state index is 0.00391. The molecule has 0 N–H and O–H groups in total. The number of hydrogen-bond acceptors (Lipinski definition) is 4. The molecule has 1 atom stereocenters. The maximum Gasteiger partial charge on any atom is 0.270 e. The van der Waals surface area contributed by atoms with E-state index in [1.54, 1.807) is 16.2 Å². The van der Waals surface area contributed by atoms with E-state index in [1.165, 1.54) is 10.6 Å². The zero-order chi connectivity index (χ0) is 17.0. The summed E-state index contributed by atoms with van der Waals surface area (Å²) in [5, 5.41) is 9.93. The van der Waals surface area contributed by atoms with Gasteiger partial charge in [0.1, 0.15) is 5.71 Å². The van der Waals surface area contributed by atoms with E-state index in [1.807, 2.05) is 33.2 Å². The summed E-state index contributed by atoms with van der Waals surface area (Å²) < 4.78 is 0. The van der Waals surface area contributed by atoms with Gasteiger partial charge in [0.05, 0.1) is 0 Å². The average Bonchev–Trinajstić information content (AvgIpc) is 3.00. The molecule has 2 rings (SSSR count). The topological polar surface area (TPSA) is 53.0 Å². The van der Waals surface area contributed by atoms with Gasteiger partial charge in [-0.1, -0.05) is 13.8 Å². The van der Waals surface area contributed by atoms with Crippen LogP contribution in [0, 0.1) is 5.92 Å². The van der Waals surface area contributed by atoms with Gasteiger partial charge in [-0.05, 0) is 41.7 Å². The van der Waals surface area contributed by atoms with E-state index < -0.39 is 0 Å². The highest BCUT2D eigenvalue weighted by Crippen LogP contribution is 2.15. The maximum atomic E-state index is 12.7. The zero-order valence-electron chi connectivity index (χ0n) is 14.3. The predicted octanol–water partition coefficient (Wildman–Crippen LogP) is 2.77. The number of amides is 2. The Morgan fingerprint density at radius 2 is 2.13 bits per heavy atom. The van der Waals surface area contributed by atoms with E-state index in [0.717, 1.165) is 6.42 Å². The van der Waals surface area contributed by atoms with E-state index in [2.05, 4.69) is 16.5 Å². The number of carbonyl (C=O) groups is 2. The molecule has 2 amide bonds. The van der Waals surface area contributed by atoms with Crippen LogP contribution in [0.2, 0.25) is 0 Å². The van der Waals surface area contributed by atoms with Crippen molar-refractivity contribution in [2.75, 3.05) is 13.6 Å². The van der Waals surface area contributed by atoms with Crippen molar-refractivity contribution in [3.05, 3.63) is 22.4 Å². The quantitative estimate of drug-likeness (QED) is 0.803. The second-order valence-electron chi connectivity index (χ2n) is 6.52. The van der Waals surface area contributed by atoms with E-state index in [0.29, 0.717) is 31.0 Å². The van der Waals surface area contributed by atoms with Crippen LogP contribution in [0.4, 0.5) is 0 Å². The summed E-state index contributed by atoms with van der Waals surface area (Å²) in [5.74, 6) is 0.255. The zero-order valence-corrected chi connectivity index (χ0v) is 15.1. The van der Waals surface area contributed by atoms with E-state index in [9.17, 15) is 9.59 Å². The minimum Gasteiger partial charge on any atom is -0.338 e. The molecule has 126 valence electrons. The minimum atomic E-state index is -0.0750. The molecule has 0 radical (unpaired) electrons. The van der Waals surface area contributed by atoms with Crippen LogP contribution in [-0.2, 0) is 16.0 Å². The number of thiophene rings is 1. The van der Waals surface area contributed by atoms with Crippen molar-refractivity contribution >= 4 is 28.9 Å². The molecule has 0 saturated heterocycles. The molecule has 0 saturated carbocycles. The molecule has 1 aromatic rings. The van der Waals surface area contributed by atoms with Crippen LogP contribution in [0.3, 0.4) is 0 Å². The summed E-state index contributed by atoms with van der Waals surface area (Å²) in [4.78, 5) is 26.3. The molecule has 1 aliphatic rings. The Labute approximate surface area is 142 Å². The number of nitrogens with zero attached hydrogens (tertiary/aromatic N) is 3. The van der Waals surface area contributed by atoms with Crippen molar-refractivity contribution in [1.29, 1.82) is 0 Å². The number of rotatable bonds is 6. The Balaban J connectivity index is 2.04. The van der Waals surface area contributed by atoms with Crippen molar-refractivity contribution in [1.82, 2.24) is 9.91 Å². The van der Waals surface area contributed by atoms with Crippen molar-refractivity contribution in [2.24, 2.45) is 11.0 Å². The van der Waals surface area contributed by atoms with Crippen LogP contribution in [0.15, 0.2) is 21.9 Å². The highest BCUT2D eigenvalue weighted by atomic mass is 32.1. The molecule has 5 nitrogen and oxygen atoms in total. The fourth-order valence-electron chi connectivity index (χ4n) is 2.53. The lowest BCUT2D eigenvalue weighted by Gasteiger charge is -2.29. The van der Waals surface area contributed by atoms with E-state index >= 15 is 0 Å². The third kappa shape index (κ3) is 4.64. The first-order chi connectivity index (χ1) is 10.9. The molecule has 0 spiro atoms. The highest BCUT2D eigenvalue weighted by Gasteiger charge is 2.28. The third-order valence-corrected chi connectivity index (χ3v) is 4.71. The van der Waals surface area contributed by atoms with Gasteiger partial charge in [0, 0.05) is 32.5 Å². The first-order valence-electron chi connectivity index (χ1n) is 8.04. The Morgan fingerprint density at radius 3 is 2.74 bits per heavy atom. The molecule has 6 heteroatoms. The predicted molar refractivity (Wildman–Crippen MR) is 93.5 cm³/mol. The first-order valence-corrected chi connectivity index (χ1v) is 8.98. The first kappa shape index (κ1) is 17.7. The SMILES string of the molecule is CC(C)CN1N=C(C(=O)N(C)C(C)Cc2ccsc2)CCC1=O. The molecule has 1 aliphatic heterocycles. The fourth-order valence-corrected chi connectivity index (χ4v) is 3.22. The Bertz CT molecular complexity index is 581. The van der Waals surface area contributed by atoms with Gasteiger partial charge in [-0.25, -0.2) is 5.01 Å². The van der Waals surface area contributed by atoms with Crippen molar-refractivity contribution in [3.8, 4) is 0 Å². The molecule has 0 aliphatic carbocycles. The van der Waals surface area contributed by atoms with Crippen LogP contribution in [0.1, 0.15) is 39.2 Å². The number of hydrogen-bond donors (Lipinski definition) is 0. The Morgan fingerprint density at radius 1 is 1.39 bits per heavy atom. The van der Waals surface area contributed by atoms with E-state index in [-0.39, 0.29) is 17.9 Å². The normalized spacial score (nSPS) is 16.5. The highest BCUT2D eigenvalue weighted by molar-refractivity contribution is 7.07. The van der Waals surface area contributed by atoms with Crippen LogP contribution >= 0.6 is 11.3 Å². The van der Waals surface area contributed by atoms with Crippen molar-refractivity contribution in [3.63, 3.8) is 0 Å². The van der Waals surface area contributed by atoms with Crippen LogP contribution in [-0.4, -0.2) is 47.1 Å². The van der Waals surface area contributed by atoms with Gasteiger partial charge < -0.3 is 4.90 Å². The van der Waals surface area contributed by atoms with Crippen LogP contribution < -0.4 is 0 Å². The lowest BCUT2D eigenvalue weighted by molar-refractivity contribution is -0.132. The second-order valence-corrected chi connectivity index (χ2v) is 7.30. The summed E-state index contributed by atoms with van der Waals surface area (Å²) >= 11 is 1.66. The number of carbonyl (C=O) groups excluding carboxylic acids is 2. The fraction of sp³-hybridized carbons (Fsp3) is 0.588. The van der Waals surface area contributed by atoms with E-state index in [4.69, 9.17) is 0 Å². The monoisotopic (exact) mass is 335 g/mol. The summed E-state index contributed by atoms with van der Waals surface area (Å²) in [6.45, 7) is 6.67. The summed E-state index contributed by atoms with van der Waals surface area (Å²) in [6.07, 6.45) is 1.62. The molecule has 0 fully saturated rings. The van der Waals surface area contributed by atoms with Gasteiger partial charge in [0.15, 0.2) is 0 Å². The van der Waals surface area contributed by atoms with Crippen LogP contribution in [0.5, 0.6) is 0 Å². The molecular formula is C17H25N3O2S. The third-order valence-electron chi connectivity index (χ3n) is 3.98. The van der Waals surface area contributed by atoms with Gasteiger partial charge in [-0.15, -0.1) is 0 Å². The van der Waals surface area contributed by atoms with Gasteiger partial charge in [0.2, 0.25) is 5.91 Å². The molecular weight excluding hydrogens is 310 g/mol. The molecule has 23 heavy (non-hydrogen) atoms. The van der Waals surface area contributed by atoms with Gasteiger partial charge >= 0.3 is 0 Å². The molecule has 0 bridgehead atoms. The number of hydrazone groups is 1. The number of likely N-dealkylation sites (N-methyl/N-ethyl adjacent to an activating group) is 1. The lowest BCUT2D eigenvalue weighted by atomic mass is 10.1. The summed E-state index contributed by atoms with van der Waals surface area (Å²) in [6, 6.07) is 2.18. The molecule has 1 unspecified atom stereocenters. The van der Waals surface area contributed by atoms with Gasteiger partial charge in [0.25, 0.3) is 5.91 Å². The maximum absolute atomic E-state index is 12.7. The van der Waals surface area contributed by atoms with Gasteiger partial charge in [-0.2, -0.15) is 16.4 Å². The lowest BCUT2D eigenvalue weighted by Crippen LogP contribution is -2.44. The Kier molecular flexibility index (Phi) is 5.93. The average molecular weight is 335 g/mol. The smallest absolute Gasteiger partial charge is 0.270 e. The largest absolute Gasteiger partial charge is 0.338 e. The standard InChI is InChI=1S/C17H25N3O2S/c1-12(2)10-20-16(21)6-5-15(18-20)17(22)19(4)13(3)9-14-7-8-23-11-14/h7-8,11-13H,5-6,9-10H2,1-4H3. The summed E-state index contributed by atoms with van der Waals surface area (Å²) in [7, 11) is 1.81. The van der Waals surface area contributed by atoms with Crippen LogP contribution in [0.25, 0.3) is 0 Å². The molecule has 2 heterocycles. The molecule has 0 aromatic carbocycles. The molecule has 1 aromatic heterocycles. The Hall–Kier alpha value is -1.69.